The summed E-state index contributed by atoms with van der Waals surface area (Å²) >= 11 is 0. The summed E-state index contributed by atoms with van der Waals surface area (Å²) in [6, 6.07) is 11.6. The number of hydrogen-bond donors (Lipinski definition) is 1. The van der Waals surface area contributed by atoms with E-state index in [2.05, 4.69) is 5.32 Å². The molecule has 1 N–H and O–H groups in total. The summed E-state index contributed by atoms with van der Waals surface area (Å²) in [5, 5.41) is 13.8. The topological polar surface area (TPSA) is 111 Å². The Hall–Kier alpha value is -3.62. The van der Waals surface area contributed by atoms with Gasteiger partial charge in [-0.3, -0.25) is 24.6 Å². The summed E-state index contributed by atoms with van der Waals surface area (Å²) in [5.74, 6) is 0.328. The lowest BCUT2D eigenvalue weighted by Gasteiger charge is -2.28. The number of anilines is 1. The van der Waals surface area contributed by atoms with Crippen LogP contribution in [-0.2, 0) is 16.0 Å². The number of rotatable bonds is 8. The molecular formula is C21H23N3O6. The predicted octanol–water partition coefficient (Wildman–Crippen LogP) is 2.47. The summed E-state index contributed by atoms with van der Waals surface area (Å²) in [4.78, 5) is 36.2. The lowest BCUT2D eigenvalue weighted by molar-refractivity contribution is -0.384. The third-order valence-corrected chi connectivity index (χ3v) is 4.43. The highest BCUT2D eigenvalue weighted by Crippen LogP contribution is 2.35. The van der Waals surface area contributed by atoms with Crippen LogP contribution in [0.3, 0.4) is 0 Å². The van der Waals surface area contributed by atoms with Gasteiger partial charge in [0.25, 0.3) is 11.6 Å². The Balaban J connectivity index is 1.57. The standard InChI is InChI=1S/C21H23N3O6/c1-14(2)30-17-6-3-15(4-7-17)9-10-22-20(25)12-23-18-11-16(24(27)28)5-8-19(18)29-13-21(23)26/h3-8,11,14H,9-10,12-13H2,1-2H3,(H,22,25). The fraction of sp³-hybridized carbons (Fsp3) is 0.333. The van der Waals surface area contributed by atoms with E-state index in [1.54, 1.807) is 0 Å². The molecule has 0 spiro atoms. The van der Waals surface area contributed by atoms with Crippen molar-refractivity contribution in [2.45, 2.75) is 26.4 Å². The summed E-state index contributed by atoms with van der Waals surface area (Å²) in [6.07, 6.45) is 0.719. The number of carbonyl (C=O) groups excluding carboxylic acids is 2. The van der Waals surface area contributed by atoms with Crippen molar-refractivity contribution in [1.29, 1.82) is 0 Å². The van der Waals surface area contributed by atoms with Crippen molar-refractivity contribution in [3.8, 4) is 11.5 Å². The summed E-state index contributed by atoms with van der Waals surface area (Å²) in [5.41, 5.74) is 1.08. The number of nitrogens with one attached hydrogen (secondary N) is 1. The average molecular weight is 413 g/mol. The van der Waals surface area contributed by atoms with Gasteiger partial charge in [-0.25, -0.2) is 0 Å². The van der Waals surface area contributed by atoms with Crippen molar-refractivity contribution in [1.82, 2.24) is 5.32 Å². The van der Waals surface area contributed by atoms with Gasteiger partial charge in [-0.15, -0.1) is 0 Å². The monoisotopic (exact) mass is 413 g/mol. The number of non-ortho nitro benzene ring substituents is 1. The quantitative estimate of drug-likeness (QED) is 0.526. The zero-order valence-corrected chi connectivity index (χ0v) is 16.8. The van der Waals surface area contributed by atoms with Gasteiger partial charge in [-0.2, -0.15) is 0 Å². The second kappa shape index (κ2) is 9.25. The first-order chi connectivity index (χ1) is 14.3. The molecule has 9 nitrogen and oxygen atoms in total. The Morgan fingerprint density at radius 3 is 2.67 bits per heavy atom. The molecule has 2 aromatic rings. The molecule has 2 aromatic carbocycles. The molecule has 9 heteroatoms. The molecule has 0 unspecified atom stereocenters. The second-order valence-electron chi connectivity index (χ2n) is 7.09. The maximum atomic E-state index is 12.4. The van der Waals surface area contributed by atoms with Crippen molar-refractivity contribution in [2.24, 2.45) is 0 Å². The summed E-state index contributed by atoms with van der Waals surface area (Å²) in [6.45, 7) is 3.85. The Labute approximate surface area is 173 Å². The van der Waals surface area contributed by atoms with Gasteiger partial charge in [0, 0.05) is 18.7 Å². The van der Waals surface area contributed by atoms with Gasteiger partial charge in [0.2, 0.25) is 5.91 Å². The molecule has 0 atom stereocenters. The first-order valence-corrected chi connectivity index (χ1v) is 9.57. The van der Waals surface area contributed by atoms with Gasteiger partial charge in [0.1, 0.15) is 18.0 Å². The van der Waals surface area contributed by atoms with Crippen LogP contribution in [0.2, 0.25) is 0 Å². The van der Waals surface area contributed by atoms with E-state index in [0.29, 0.717) is 18.7 Å². The molecule has 3 rings (SSSR count). The normalized spacial score (nSPS) is 12.9. The third-order valence-electron chi connectivity index (χ3n) is 4.43. The first kappa shape index (κ1) is 21.1. The highest BCUT2D eigenvalue weighted by molar-refractivity contribution is 6.02. The first-order valence-electron chi connectivity index (χ1n) is 9.57. The molecular weight excluding hydrogens is 390 g/mol. The molecule has 1 aliphatic heterocycles. The molecule has 0 bridgehead atoms. The van der Waals surface area contributed by atoms with Crippen molar-refractivity contribution >= 4 is 23.2 Å². The van der Waals surface area contributed by atoms with Crippen LogP contribution in [0.5, 0.6) is 11.5 Å². The number of nitro benzene ring substituents is 1. The Morgan fingerprint density at radius 2 is 2.00 bits per heavy atom. The number of carbonyl (C=O) groups is 2. The van der Waals surface area contributed by atoms with Gasteiger partial charge < -0.3 is 14.8 Å². The minimum absolute atomic E-state index is 0.101. The molecule has 30 heavy (non-hydrogen) atoms. The van der Waals surface area contributed by atoms with Crippen LogP contribution >= 0.6 is 0 Å². The van der Waals surface area contributed by atoms with E-state index in [9.17, 15) is 19.7 Å². The van der Waals surface area contributed by atoms with Crippen LogP contribution < -0.4 is 19.7 Å². The molecule has 1 heterocycles. The van der Waals surface area contributed by atoms with Crippen molar-refractivity contribution in [2.75, 3.05) is 24.6 Å². The molecule has 0 saturated heterocycles. The molecule has 0 fully saturated rings. The van der Waals surface area contributed by atoms with Gasteiger partial charge in [0.05, 0.1) is 16.7 Å². The van der Waals surface area contributed by atoms with Crippen LogP contribution in [0.25, 0.3) is 0 Å². The Bertz CT molecular complexity index is 942. The SMILES string of the molecule is CC(C)Oc1ccc(CCNC(=O)CN2C(=O)COc3ccc([N+](=O)[O-])cc32)cc1. The fourth-order valence-electron chi connectivity index (χ4n) is 3.03. The van der Waals surface area contributed by atoms with Gasteiger partial charge in [-0.05, 0) is 44.0 Å². The number of ether oxygens (including phenoxy) is 2. The Morgan fingerprint density at radius 1 is 1.27 bits per heavy atom. The minimum atomic E-state index is -0.560. The largest absolute Gasteiger partial charge is 0.491 e. The van der Waals surface area contributed by atoms with E-state index in [1.165, 1.54) is 23.1 Å². The van der Waals surface area contributed by atoms with Gasteiger partial charge in [0.15, 0.2) is 6.61 Å². The molecule has 0 aromatic heterocycles. The van der Waals surface area contributed by atoms with Crippen LogP contribution in [0.4, 0.5) is 11.4 Å². The van der Waals surface area contributed by atoms with Crippen molar-refractivity contribution < 1.29 is 24.0 Å². The van der Waals surface area contributed by atoms with Crippen LogP contribution in [0.15, 0.2) is 42.5 Å². The number of nitro groups is 1. The predicted molar refractivity (Wildman–Crippen MR) is 110 cm³/mol. The van der Waals surface area contributed by atoms with Crippen LogP contribution in [0, 0.1) is 10.1 Å². The molecule has 0 saturated carbocycles. The fourth-order valence-corrected chi connectivity index (χ4v) is 3.03. The zero-order valence-electron chi connectivity index (χ0n) is 16.8. The van der Waals surface area contributed by atoms with Crippen LogP contribution in [-0.4, -0.2) is 42.5 Å². The smallest absolute Gasteiger partial charge is 0.271 e. The lowest BCUT2D eigenvalue weighted by atomic mass is 10.1. The molecule has 158 valence electrons. The van der Waals surface area contributed by atoms with E-state index < -0.39 is 10.8 Å². The van der Waals surface area contributed by atoms with E-state index >= 15 is 0 Å². The molecule has 1 aliphatic rings. The molecule has 0 aliphatic carbocycles. The average Bonchev–Trinajstić information content (AvgIpc) is 2.70. The van der Waals surface area contributed by atoms with E-state index in [1.807, 2.05) is 38.1 Å². The van der Waals surface area contributed by atoms with E-state index in [-0.39, 0.29) is 36.5 Å². The number of benzene rings is 2. The number of nitrogens with zero attached hydrogens (tertiary/aromatic N) is 2. The maximum Gasteiger partial charge on any atom is 0.271 e. The lowest BCUT2D eigenvalue weighted by Crippen LogP contribution is -2.45. The summed E-state index contributed by atoms with van der Waals surface area (Å²) in [7, 11) is 0. The van der Waals surface area contributed by atoms with Gasteiger partial charge in [-0.1, -0.05) is 12.1 Å². The van der Waals surface area contributed by atoms with Crippen LogP contribution in [0.1, 0.15) is 19.4 Å². The maximum absolute atomic E-state index is 12.4. The molecule has 0 radical (unpaired) electrons. The highest BCUT2D eigenvalue weighted by Gasteiger charge is 2.29. The molecule has 2 amide bonds. The van der Waals surface area contributed by atoms with E-state index in [4.69, 9.17) is 9.47 Å². The van der Waals surface area contributed by atoms with Gasteiger partial charge >= 0.3 is 0 Å². The summed E-state index contributed by atoms with van der Waals surface area (Å²) < 4.78 is 10.9. The number of hydrogen-bond acceptors (Lipinski definition) is 6. The third kappa shape index (κ3) is 5.25. The number of amides is 2. The van der Waals surface area contributed by atoms with E-state index in [0.717, 1.165) is 11.3 Å². The zero-order chi connectivity index (χ0) is 21.7. The van der Waals surface area contributed by atoms with Crippen molar-refractivity contribution in [3.05, 3.63) is 58.1 Å². The highest BCUT2D eigenvalue weighted by atomic mass is 16.6. The Kier molecular flexibility index (Phi) is 6.51. The second-order valence-corrected chi connectivity index (χ2v) is 7.09. The van der Waals surface area contributed by atoms with Crippen molar-refractivity contribution in [3.63, 3.8) is 0 Å². The minimum Gasteiger partial charge on any atom is -0.491 e. The number of fused-ring (bicyclic) bond motifs is 1.